The summed E-state index contributed by atoms with van der Waals surface area (Å²) in [5.41, 5.74) is 2.90. The molecule has 0 aliphatic rings. The van der Waals surface area contributed by atoms with Gasteiger partial charge in [-0.05, 0) is 26.3 Å². The molecule has 6 nitrogen and oxygen atoms in total. The maximum atomic E-state index is 12.3. The van der Waals surface area contributed by atoms with Gasteiger partial charge in [-0.3, -0.25) is 10.00 Å². The molecular weight excluding hydrogens is 292 g/mol. The van der Waals surface area contributed by atoms with E-state index in [1.54, 1.807) is 9.58 Å². The quantitative estimate of drug-likeness (QED) is 0.891. The molecule has 1 heterocycles. The third-order valence-corrected chi connectivity index (χ3v) is 3.87. The summed E-state index contributed by atoms with van der Waals surface area (Å²) in [6.07, 6.45) is -0.716. The van der Waals surface area contributed by atoms with E-state index in [1.165, 1.54) is 0 Å². The molecule has 0 saturated carbocycles. The Morgan fingerprint density at radius 2 is 2.00 bits per heavy atom. The van der Waals surface area contributed by atoms with Crippen LogP contribution in [0, 0.1) is 13.8 Å². The first-order valence-corrected chi connectivity index (χ1v) is 7.72. The van der Waals surface area contributed by atoms with Gasteiger partial charge in [-0.25, -0.2) is 4.79 Å². The first-order valence-electron chi connectivity index (χ1n) is 7.72. The number of hydrogen-bond acceptors (Lipinski definition) is 3. The summed E-state index contributed by atoms with van der Waals surface area (Å²) in [5.74, 6) is 0.512. The van der Waals surface area contributed by atoms with E-state index in [9.17, 15) is 9.90 Å². The monoisotopic (exact) mass is 316 g/mol. The molecule has 0 aliphatic carbocycles. The fourth-order valence-electron chi connectivity index (χ4n) is 2.27. The van der Waals surface area contributed by atoms with Gasteiger partial charge in [-0.15, -0.1) is 0 Å². The Bertz CT molecular complexity index is 644. The van der Waals surface area contributed by atoms with Gasteiger partial charge in [0.05, 0.1) is 12.6 Å². The lowest BCUT2D eigenvalue weighted by Crippen LogP contribution is -2.38. The number of rotatable bonds is 5. The number of hydrogen-bond donors (Lipinski definition) is 2. The Morgan fingerprint density at radius 3 is 2.52 bits per heavy atom. The highest BCUT2D eigenvalue weighted by atomic mass is 16.3. The van der Waals surface area contributed by atoms with Crippen LogP contribution in [-0.2, 0) is 7.05 Å². The smallest absolute Gasteiger partial charge is 0.323 e. The number of carbonyl (C=O) groups excluding carboxylic acids is 1. The third-order valence-electron chi connectivity index (χ3n) is 3.87. The first kappa shape index (κ1) is 17.0. The van der Waals surface area contributed by atoms with E-state index in [1.807, 2.05) is 58.2 Å². The fourth-order valence-corrected chi connectivity index (χ4v) is 2.27. The van der Waals surface area contributed by atoms with Crippen LogP contribution >= 0.6 is 0 Å². The molecule has 1 aromatic heterocycles. The fraction of sp³-hybridized carbons (Fsp3) is 0.412. The average molecular weight is 316 g/mol. The van der Waals surface area contributed by atoms with Crippen molar-refractivity contribution in [3.8, 4) is 0 Å². The minimum atomic E-state index is -0.716. The zero-order chi connectivity index (χ0) is 17.0. The Labute approximate surface area is 136 Å². The first-order chi connectivity index (χ1) is 10.9. The van der Waals surface area contributed by atoms with Gasteiger partial charge in [0, 0.05) is 25.4 Å². The van der Waals surface area contributed by atoms with Crippen molar-refractivity contribution >= 4 is 11.8 Å². The van der Waals surface area contributed by atoms with Gasteiger partial charge >= 0.3 is 6.03 Å². The number of benzene rings is 1. The number of aliphatic hydroxyl groups is 1. The molecular formula is C17H24N4O2. The number of anilines is 1. The van der Waals surface area contributed by atoms with Crippen LogP contribution in [0.4, 0.5) is 10.6 Å². The van der Waals surface area contributed by atoms with E-state index in [2.05, 4.69) is 10.4 Å². The van der Waals surface area contributed by atoms with Crippen LogP contribution in [-0.4, -0.2) is 38.9 Å². The van der Waals surface area contributed by atoms with Gasteiger partial charge in [0.1, 0.15) is 0 Å². The highest BCUT2D eigenvalue weighted by Crippen LogP contribution is 2.16. The number of likely N-dealkylation sites (N-methyl/N-ethyl adjacent to an activating group) is 1. The Hall–Kier alpha value is -2.34. The zero-order valence-electron chi connectivity index (χ0n) is 14.1. The van der Waals surface area contributed by atoms with E-state index >= 15 is 0 Å². The van der Waals surface area contributed by atoms with Crippen molar-refractivity contribution in [2.75, 3.05) is 18.4 Å². The van der Waals surface area contributed by atoms with Crippen molar-refractivity contribution in [1.82, 2.24) is 14.7 Å². The summed E-state index contributed by atoms with van der Waals surface area (Å²) < 4.78 is 1.70. The molecule has 1 aromatic carbocycles. The van der Waals surface area contributed by atoms with Crippen molar-refractivity contribution in [3.05, 3.63) is 47.2 Å². The highest BCUT2D eigenvalue weighted by molar-refractivity contribution is 5.88. The van der Waals surface area contributed by atoms with Crippen molar-refractivity contribution in [1.29, 1.82) is 0 Å². The number of aliphatic hydroxyl groups excluding tert-OH is 1. The number of aryl methyl sites for hydroxylation is 3. The number of nitrogens with one attached hydrogen (secondary N) is 1. The number of carbonyl (C=O) groups is 1. The summed E-state index contributed by atoms with van der Waals surface area (Å²) in [5, 5.41) is 17.3. The SMILES string of the molecule is CCN(CC(O)c1ccc(C)cc1)C(=O)Nc1cc(C)n(C)n1. The molecule has 0 saturated heterocycles. The van der Waals surface area contributed by atoms with Crippen LogP contribution in [0.3, 0.4) is 0 Å². The largest absolute Gasteiger partial charge is 0.387 e. The predicted octanol–water partition coefficient (Wildman–Crippen LogP) is 2.62. The van der Waals surface area contributed by atoms with Gasteiger partial charge in [0.15, 0.2) is 5.82 Å². The van der Waals surface area contributed by atoms with Crippen LogP contribution < -0.4 is 5.32 Å². The van der Waals surface area contributed by atoms with Gasteiger partial charge < -0.3 is 10.0 Å². The minimum Gasteiger partial charge on any atom is -0.387 e. The second kappa shape index (κ2) is 7.28. The van der Waals surface area contributed by atoms with Gasteiger partial charge in [-0.2, -0.15) is 5.10 Å². The molecule has 0 bridgehead atoms. The summed E-state index contributed by atoms with van der Waals surface area (Å²) in [6, 6.07) is 9.21. The van der Waals surface area contributed by atoms with E-state index in [0.29, 0.717) is 12.4 Å². The topological polar surface area (TPSA) is 70.4 Å². The van der Waals surface area contributed by atoms with Crippen LogP contribution in [0.2, 0.25) is 0 Å². The Kier molecular flexibility index (Phi) is 5.39. The molecule has 1 atom stereocenters. The second-order valence-electron chi connectivity index (χ2n) is 5.69. The molecule has 0 fully saturated rings. The lowest BCUT2D eigenvalue weighted by atomic mass is 10.1. The van der Waals surface area contributed by atoms with Crippen LogP contribution in [0.15, 0.2) is 30.3 Å². The summed E-state index contributed by atoms with van der Waals surface area (Å²) in [6.45, 7) is 6.53. The maximum Gasteiger partial charge on any atom is 0.323 e. The second-order valence-corrected chi connectivity index (χ2v) is 5.69. The molecule has 2 amide bonds. The average Bonchev–Trinajstić information content (AvgIpc) is 2.83. The molecule has 6 heteroatoms. The van der Waals surface area contributed by atoms with E-state index < -0.39 is 6.10 Å². The summed E-state index contributed by atoms with van der Waals surface area (Å²) >= 11 is 0. The van der Waals surface area contributed by atoms with Gasteiger partial charge in [0.25, 0.3) is 0 Å². The molecule has 1 unspecified atom stereocenters. The number of aromatic nitrogens is 2. The van der Waals surface area contributed by atoms with E-state index in [4.69, 9.17) is 0 Å². The molecule has 0 spiro atoms. The number of nitrogens with zero attached hydrogens (tertiary/aromatic N) is 3. The Balaban J connectivity index is 2.00. The highest BCUT2D eigenvalue weighted by Gasteiger charge is 2.18. The van der Waals surface area contributed by atoms with Crippen molar-refractivity contribution in [2.24, 2.45) is 7.05 Å². The van der Waals surface area contributed by atoms with Crippen LogP contribution in [0.25, 0.3) is 0 Å². The predicted molar refractivity (Wildman–Crippen MR) is 90.3 cm³/mol. The Morgan fingerprint density at radius 1 is 1.35 bits per heavy atom. The summed E-state index contributed by atoms with van der Waals surface area (Å²) in [7, 11) is 1.82. The van der Waals surface area contributed by atoms with Gasteiger partial charge in [-0.1, -0.05) is 29.8 Å². The number of urea groups is 1. The normalized spacial score (nSPS) is 12.0. The minimum absolute atomic E-state index is 0.233. The molecule has 23 heavy (non-hydrogen) atoms. The van der Waals surface area contributed by atoms with Gasteiger partial charge in [0.2, 0.25) is 0 Å². The molecule has 0 radical (unpaired) electrons. The van der Waals surface area contributed by atoms with Crippen molar-refractivity contribution in [2.45, 2.75) is 26.9 Å². The van der Waals surface area contributed by atoms with Crippen molar-refractivity contribution in [3.63, 3.8) is 0 Å². The standard InChI is InChI=1S/C17H24N4O2/c1-5-21(11-15(22)14-8-6-12(2)7-9-14)17(23)18-16-10-13(3)20(4)19-16/h6-10,15,22H,5,11H2,1-4H3,(H,18,19,23). The summed E-state index contributed by atoms with van der Waals surface area (Å²) in [4.78, 5) is 13.9. The third kappa shape index (κ3) is 4.32. The van der Waals surface area contributed by atoms with Crippen LogP contribution in [0.1, 0.15) is 29.8 Å². The van der Waals surface area contributed by atoms with E-state index in [0.717, 1.165) is 16.8 Å². The maximum absolute atomic E-state index is 12.3. The molecule has 2 rings (SSSR count). The van der Waals surface area contributed by atoms with E-state index in [-0.39, 0.29) is 12.6 Å². The number of amides is 2. The lowest BCUT2D eigenvalue weighted by Gasteiger charge is -2.24. The molecule has 2 N–H and O–H groups in total. The molecule has 124 valence electrons. The zero-order valence-corrected chi connectivity index (χ0v) is 14.1. The molecule has 0 aliphatic heterocycles. The van der Waals surface area contributed by atoms with Crippen molar-refractivity contribution < 1.29 is 9.90 Å². The lowest BCUT2D eigenvalue weighted by molar-refractivity contribution is 0.128. The molecule has 2 aromatic rings. The van der Waals surface area contributed by atoms with Crippen LogP contribution in [0.5, 0.6) is 0 Å².